The monoisotopic (exact) mass is 459 g/mol. The van der Waals surface area contributed by atoms with Crippen molar-refractivity contribution in [1.29, 1.82) is 0 Å². The van der Waals surface area contributed by atoms with Gasteiger partial charge in [0.1, 0.15) is 5.82 Å². The third-order valence-corrected chi connectivity index (χ3v) is 9.20. The predicted octanol–water partition coefficient (Wildman–Crippen LogP) is 5.37. The summed E-state index contributed by atoms with van der Waals surface area (Å²) in [4.78, 5) is 5.16. The first-order valence-corrected chi connectivity index (χ1v) is 13.3. The summed E-state index contributed by atoms with van der Waals surface area (Å²) in [6.07, 6.45) is 6.43. The topological polar surface area (TPSA) is 55.2 Å². The molecule has 3 aromatic rings. The van der Waals surface area contributed by atoms with Gasteiger partial charge >= 0.3 is 0 Å². The molecule has 5 nitrogen and oxygen atoms in total. The van der Waals surface area contributed by atoms with E-state index in [1.807, 2.05) is 12.1 Å². The van der Waals surface area contributed by atoms with Crippen molar-refractivity contribution in [3.63, 3.8) is 0 Å². The smallest absolute Gasteiger partial charge is 0.243 e. The lowest BCUT2D eigenvalue weighted by Crippen LogP contribution is -2.27. The zero-order valence-electron chi connectivity index (χ0n) is 17.3. The molecular weight excluding hydrogens is 433 g/mol. The van der Waals surface area contributed by atoms with Crippen molar-refractivity contribution < 1.29 is 12.8 Å². The van der Waals surface area contributed by atoms with Crippen LogP contribution in [0.25, 0.3) is 11.0 Å². The van der Waals surface area contributed by atoms with Gasteiger partial charge in [0.15, 0.2) is 5.16 Å². The number of benzene rings is 2. The lowest BCUT2D eigenvalue weighted by Gasteiger charge is -2.17. The number of fused-ring (bicyclic) bond motifs is 1. The number of rotatable bonds is 6. The van der Waals surface area contributed by atoms with Crippen molar-refractivity contribution in [1.82, 2.24) is 13.9 Å². The summed E-state index contributed by atoms with van der Waals surface area (Å²) in [6, 6.07) is 12.4. The molecule has 5 rings (SSSR count). The second-order valence-corrected chi connectivity index (χ2v) is 11.3. The van der Waals surface area contributed by atoms with Crippen LogP contribution in [0, 0.1) is 5.82 Å². The molecule has 2 aliphatic rings. The van der Waals surface area contributed by atoms with Crippen molar-refractivity contribution >= 4 is 32.8 Å². The van der Waals surface area contributed by atoms with Crippen molar-refractivity contribution in [2.75, 3.05) is 13.1 Å². The minimum atomic E-state index is -3.48. The van der Waals surface area contributed by atoms with Gasteiger partial charge in [-0.1, -0.05) is 36.7 Å². The normalized spacial score (nSPS) is 18.4. The molecule has 1 saturated carbocycles. The number of imidazole rings is 1. The van der Waals surface area contributed by atoms with E-state index in [0.717, 1.165) is 41.9 Å². The van der Waals surface area contributed by atoms with Crippen LogP contribution in [0.5, 0.6) is 0 Å². The highest BCUT2D eigenvalue weighted by Gasteiger charge is 2.29. The molecule has 1 aliphatic carbocycles. The van der Waals surface area contributed by atoms with E-state index < -0.39 is 10.0 Å². The zero-order valence-corrected chi connectivity index (χ0v) is 19.0. The largest absolute Gasteiger partial charge is 0.316 e. The first-order chi connectivity index (χ1) is 15.0. The molecule has 8 heteroatoms. The Morgan fingerprint density at radius 1 is 1.03 bits per heavy atom. The van der Waals surface area contributed by atoms with Gasteiger partial charge in [-0.25, -0.2) is 17.8 Å². The first-order valence-electron chi connectivity index (χ1n) is 10.9. The fourth-order valence-corrected chi connectivity index (χ4v) is 7.25. The summed E-state index contributed by atoms with van der Waals surface area (Å²) >= 11 is 1.59. The molecule has 0 radical (unpaired) electrons. The summed E-state index contributed by atoms with van der Waals surface area (Å²) in [5.41, 5.74) is 2.61. The van der Waals surface area contributed by atoms with Gasteiger partial charge in [-0.05, 0) is 61.6 Å². The molecule has 31 heavy (non-hydrogen) atoms. The van der Waals surface area contributed by atoms with Crippen LogP contribution in [0.3, 0.4) is 0 Å². The van der Waals surface area contributed by atoms with Crippen LogP contribution in [0.2, 0.25) is 0 Å². The van der Waals surface area contributed by atoms with Gasteiger partial charge < -0.3 is 4.57 Å². The van der Waals surface area contributed by atoms with Gasteiger partial charge in [0, 0.05) is 24.9 Å². The van der Waals surface area contributed by atoms with Crippen molar-refractivity contribution in [2.45, 2.75) is 60.4 Å². The lowest BCUT2D eigenvalue weighted by molar-refractivity contribution is 0.477. The number of thioether (sulfide) groups is 1. The maximum absolute atomic E-state index is 13.6. The van der Waals surface area contributed by atoms with Crippen molar-refractivity contribution in [2.24, 2.45) is 0 Å². The maximum atomic E-state index is 13.6. The third kappa shape index (κ3) is 4.13. The van der Waals surface area contributed by atoms with E-state index in [9.17, 15) is 12.8 Å². The van der Waals surface area contributed by atoms with Gasteiger partial charge in [-0.2, -0.15) is 4.31 Å². The average Bonchev–Trinajstić information content (AvgIpc) is 3.52. The van der Waals surface area contributed by atoms with Gasteiger partial charge in [-0.15, -0.1) is 0 Å². The van der Waals surface area contributed by atoms with Gasteiger partial charge in [0.2, 0.25) is 10.0 Å². The standard InChI is InChI=1S/C23H26FN3O2S2/c24-18-7-5-6-17(14-18)16-30-23-25-21-15-20(31(28,29)26-12-3-4-13-26)10-11-22(21)27(23)19-8-1-2-9-19/h5-7,10-11,14-15,19H,1-4,8-9,12-13,16H2. The molecule has 1 saturated heterocycles. The molecule has 0 unspecified atom stereocenters. The number of hydrogen-bond acceptors (Lipinski definition) is 4. The Morgan fingerprint density at radius 3 is 2.55 bits per heavy atom. The van der Waals surface area contributed by atoms with E-state index in [2.05, 4.69) is 4.57 Å². The van der Waals surface area contributed by atoms with Crippen LogP contribution in [-0.2, 0) is 15.8 Å². The molecule has 0 spiro atoms. The highest BCUT2D eigenvalue weighted by molar-refractivity contribution is 7.98. The summed E-state index contributed by atoms with van der Waals surface area (Å²) < 4.78 is 43.5. The number of aromatic nitrogens is 2. The fourth-order valence-electron chi connectivity index (χ4n) is 4.69. The van der Waals surface area contributed by atoms with Gasteiger partial charge in [0.25, 0.3) is 0 Å². The lowest BCUT2D eigenvalue weighted by atomic mass is 10.2. The van der Waals surface area contributed by atoms with Crippen LogP contribution in [0.4, 0.5) is 4.39 Å². The summed E-state index contributed by atoms with van der Waals surface area (Å²) in [5, 5.41) is 0.877. The molecule has 2 fully saturated rings. The van der Waals surface area contributed by atoms with Crippen LogP contribution in [0.15, 0.2) is 52.5 Å². The number of nitrogens with zero attached hydrogens (tertiary/aromatic N) is 3. The SMILES string of the molecule is O=S(=O)(c1ccc2c(c1)nc(SCc1cccc(F)c1)n2C1CCCC1)N1CCCC1. The van der Waals surface area contributed by atoms with Crippen LogP contribution in [-0.4, -0.2) is 35.4 Å². The summed E-state index contributed by atoms with van der Waals surface area (Å²) in [5.74, 6) is 0.381. The van der Waals surface area contributed by atoms with E-state index in [1.54, 1.807) is 40.3 Å². The van der Waals surface area contributed by atoms with E-state index in [0.29, 0.717) is 35.3 Å². The quantitative estimate of drug-likeness (QED) is 0.465. The van der Waals surface area contributed by atoms with Gasteiger partial charge in [0.05, 0.1) is 15.9 Å². The first kappa shape index (κ1) is 21.0. The maximum Gasteiger partial charge on any atom is 0.243 e. The molecule has 1 aromatic heterocycles. The molecular formula is C23H26FN3O2S2. The Bertz CT molecular complexity index is 1200. The van der Waals surface area contributed by atoms with E-state index in [1.165, 1.54) is 18.9 Å². The Labute approximate surface area is 186 Å². The minimum absolute atomic E-state index is 0.237. The van der Waals surface area contributed by atoms with Crippen LogP contribution >= 0.6 is 11.8 Å². The van der Waals surface area contributed by atoms with Crippen molar-refractivity contribution in [3.8, 4) is 0 Å². The molecule has 1 aliphatic heterocycles. The Kier molecular flexibility index (Phi) is 5.79. The molecule has 0 N–H and O–H groups in total. The van der Waals surface area contributed by atoms with Crippen molar-refractivity contribution in [3.05, 3.63) is 53.8 Å². The minimum Gasteiger partial charge on any atom is -0.316 e. The second-order valence-electron chi connectivity index (χ2n) is 8.38. The highest BCUT2D eigenvalue weighted by atomic mass is 32.2. The summed E-state index contributed by atoms with van der Waals surface area (Å²) in [6.45, 7) is 1.18. The molecule has 0 atom stereocenters. The van der Waals surface area contributed by atoms with E-state index in [4.69, 9.17) is 4.98 Å². The van der Waals surface area contributed by atoms with Crippen LogP contribution < -0.4 is 0 Å². The van der Waals surface area contributed by atoms with Gasteiger partial charge in [-0.3, -0.25) is 0 Å². The van der Waals surface area contributed by atoms with Crippen LogP contribution in [0.1, 0.15) is 50.1 Å². The Hall–Kier alpha value is -1.90. The number of halogens is 1. The van der Waals surface area contributed by atoms with E-state index >= 15 is 0 Å². The summed E-state index contributed by atoms with van der Waals surface area (Å²) in [7, 11) is -3.48. The number of hydrogen-bond donors (Lipinski definition) is 0. The molecule has 0 bridgehead atoms. The molecule has 0 amide bonds. The fraction of sp³-hybridized carbons (Fsp3) is 0.435. The molecule has 2 heterocycles. The average molecular weight is 460 g/mol. The Balaban J connectivity index is 1.51. The highest BCUT2D eigenvalue weighted by Crippen LogP contribution is 2.38. The number of sulfonamides is 1. The zero-order chi connectivity index (χ0) is 21.4. The van der Waals surface area contributed by atoms with E-state index in [-0.39, 0.29) is 5.82 Å². The second kappa shape index (κ2) is 8.56. The Morgan fingerprint density at radius 2 is 1.81 bits per heavy atom. The molecule has 164 valence electrons. The third-order valence-electron chi connectivity index (χ3n) is 6.28. The molecule has 2 aromatic carbocycles. The predicted molar refractivity (Wildman–Crippen MR) is 121 cm³/mol.